The lowest BCUT2D eigenvalue weighted by atomic mass is 10.2. The summed E-state index contributed by atoms with van der Waals surface area (Å²) in [4.78, 5) is 12.2. The number of nitrogens with zero attached hydrogens (tertiary/aromatic N) is 2. The van der Waals surface area contributed by atoms with Crippen molar-refractivity contribution in [3.63, 3.8) is 0 Å². The van der Waals surface area contributed by atoms with Crippen LogP contribution >= 0.6 is 34.5 Å². The zero-order chi connectivity index (χ0) is 15.9. The van der Waals surface area contributed by atoms with Crippen molar-refractivity contribution in [3.05, 3.63) is 38.8 Å². The number of carbonyl (C=O) groups is 1. The molecule has 2 rings (SSSR count). The number of carbonyl (C=O) groups excluding carboxylic acids is 1. The van der Waals surface area contributed by atoms with Crippen LogP contribution in [0.5, 0.6) is 0 Å². The van der Waals surface area contributed by atoms with Crippen molar-refractivity contribution < 1.29 is 4.79 Å². The van der Waals surface area contributed by atoms with Crippen LogP contribution < -0.4 is 5.32 Å². The summed E-state index contributed by atoms with van der Waals surface area (Å²) >= 11 is 13.2. The van der Waals surface area contributed by atoms with Gasteiger partial charge in [0.05, 0.1) is 10.6 Å². The second-order valence-corrected chi connectivity index (χ2v) is 6.80. The molecule has 1 aromatic carbocycles. The van der Waals surface area contributed by atoms with Gasteiger partial charge in [-0.15, -0.1) is 10.2 Å². The van der Waals surface area contributed by atoms with Crippen LogP contribution in [0, 0.1) is 0 Å². The van der Waals surface area contributed by atoms with Crippen LogP contribution in [0.3, 0.4) is 0 Å². The minimum atomic E-state index is -0.310. The van der Waals surface area contributed by atoms with Crippen LogP contribution in [-0.4, -0.2) is 16.1 Å². The molecule has 0 spiro atoms. The van der Waals surface area contributed by atoms with E-state index in [2.05, 4.69) is 22.4 Å². The molecule has 0 aliphatic rings. The van der Waals surface area contributed by atoms with Gasteiger partial charge in [-0.05, 0) is 24.6 Å². The highest BCUT2D eigenvalue weighted by Crippen LogP contribution is 2.23. The highest BCUT2D eigenvalue weighted by atomic mass is 35.5. The van der Waals surface area contributed by atoms with Crippen molar-refractivity contribution in [1.29, 1.82) is 0 Å². The van der Waals surface area contributed by atoms with Gasteiger partial charge in [-0.2, -0.15) is 0 Å². The van der Waals surface area contributed by atoms with Crippen molar-refractivity contribution in [2.75, 3.05) is 5.32 Å². The molecule has 0 bridgehead atoms. The third-order valence-electron chi connectivity index (χ3n) is 3.11. The third-order valence-corrected chi connectivity index (χ3v) is 4.55. The van der Waals surface area contributed by atoms with Gasteiger partial charge in [-0.1, -0.05) is 60.7 Å². The lowest BCUT2D eigenvalue weighted by molar-refractivity contribution is 0.102. The predicted molar refractivity (Wildman–Crippen MR) is 92.2 cm³/mol. The largest absolute Gasteiger partial charge is 0.296 e. The number of hydrogen-bond donors (Lipinski definition) is 1. The van der Waals surface area contributed by atoms with Crippen LogP contribution in [0.25, 0.3) is 0 Å². The van der Waals surface area contributed by atoms with E-state index in [4.69, 9.17) is 23.2 Å². The van der Waals surface area contributed by atoms with Gasteiger partial charge in [0.15, 0.2) is 0 Å². The average molecular weight is 358 g/mol. The van der Waals surface area contributed by atoms with Gasteiger partial charge in [0, 0.05) is 11.4 Å². The van der Waals surface area contributed by atoms with Crippen molar-refractivity contribution in [2.24, 2.45) is 0 Å². The number of benzene rings is 1. The molecule has 0 fully saturated rings. The number of aromatic nitrogens is 2. The molecule has 0 aliphatic carbocycles. The van der Waals surface area contributed by atoms with Gasteiger partial charge < -0.3 is 0 Å². The Kier molecular flexibility index (Phi) is 6.61. The first kappa shape index (κ1) is 17.2. The van der Waals surface area contributed by atoms with E-state index < -0.39 is 0 Å². The number of anilines is 1. The highest BCUT2D eigenvalue weighted by Gasteiger charge is 2.13. The van der Waals surface area contributed by atoms with Crippen LogP contribution in [0.15, 0.2) is 18.2 Å². The van der Waals surface area contributed by atoms with E-state index in [1.54, 1.807) is 12.1 Å². The zero-order valence-corrected chi connectivity index (χ0v) is 14.6. The molecule has 4 nitrogen and oxygen atoms in total. The van der Waals surface area contributed by atoms with Crippen LogP contribution in [0.1, 0.15) is 48.0 Å². The Morgan fingerprint density at radius 3 is 2.77 bits per heavy atom. The van der Waals surface area contributed by atoms with E-state index in [1.165, 1.54) is 36.7 Å². The Bertz CT molecular complexity index is 645. The number of unbranched alkanes of at least 4 members (excludes halogenated alkanes) is 3. The third kappa shape index (κ3) is 4.93. The van der Waals surface area contributed by atoms with E-state index in [1.807, 2.05) is 0 Å². The van der Waals surface area contributed by atoms with Gasteiger partial charge in [0.1, 0.15) is 5.01 Å². The molecule has 0 aliphatic heterocycles. The molecule has 0 saturated carbocycles. The Hall–Kier alpha value is -1.17. The van der Waals surface area contributed by atoms with Crippen molar-refractivity contribution >= 4 is 45.6 Å². The Balaban J connectivity index is 1.93. The molecule has 22 heavy (non-hydrogen) atoms. The molecule has 1 heterocycles. The fraction of sp³-hybridized carbons (Fsp3) is 0.400. The normalized spacial score (nSPS) is 10.7. The van der Waals surface area contributed by atoms with Crippen LogP contribution in [0.4, 0.5) is 5.13 Å². The van der Waals surface area contributed by atoms with E-state index in [0.29, 0.717) is 20.7 Å². The summed E-state index contributed by atoms with van der Waals surface area (Å²) in [6.07, 6.45) is 5.63. The molecule has 0 radical (unpaired) electrons. The summed E-state index contributed by atoms with van der Waals surface area (Å²) < 4.78 is 0. The first-order valence-electron chi connectivity index (χ1n) is 7.19. The first-order chi connectivity index (χ1) is 10.6. The van der Waals surface area contributed by atoms with Crippen molar-refractivity contribution in [1.82, 2.24) is 10.2 Å². The molecule has 0 atom stereocenters. The minimum absolute atomic E-state index is 0.310. The minimum Gasteiger partial charge on any atom is -0.296 e. The molecular formula is C15H17Cl2N3OS. The molecule has 2 aromatic rings. The monoisotopic (exact) mass is 357 g/mol. The maximum atomic E-state index is 12.2. The van der Waals surface area contributed by atoms with Crippen molar-refractivity contribution in [3.8, 4) is 0 Å². The van der Waals surface area contributed by atoms with E-state index in [0.717, 1.165) is 17.8 Å². The van der Waals surface area contributed by atoms with Gasteiger partial charge >= 0.3 is 0 Å². The number of rotatable bonds is 7. The number of aryl methyl sites for hydroxylation is 1. The fourth-order valence-electron chi connectivity index (χ4n) is 1.95. The molecule has 1 N–H and O–H groups in total. The molecule has 1 aromatic heterocycles. The van der Waals surface area contributed by atoms with Crippen LogP contribution in [-0.2, 0) is 6.42 Å². The molecular weight excluding hydrogens is 341 g/mol. The van der Waals surface area contributed by atoms with Gasteiger partial charge in [-0.3, -0.25) is 10.1 Å². The topological polar surface area (TPSA) is 54.9 Å². The number of amides is 1. The fourth-order valence-corrected chi connectivity index (χ4v) is 3.22. The van der Waals surface area contributed by atoms with E-state index in [-0.39, 0.29) is 5.91 Å². The smallest absolute Gasteiger partial charge is 0.259 e. The Morgan fingerprint density at radius 2 is 2.05 bits per heavy atom. The second-order valence-electron chi connectivity index (χ2n) is 4.89. The molecule has 118 valence electrons. The summed E-state index contributed by atoms with van der Waals surface area (Å²) in [6.45, 7) is 2.18. The SMILES string of the molecule is CCCCCCc1nnc(NC(=O)c2ccc(Cl)cc2Cl)s1. The quantitative estimate of drug-likeness (QED) is 0.691. The Morgan fingerprint density at radius 1 is 1.23 bits per heavy atom. The molecule has 0 saturated heterocycles. The maximum Gasteiger partial charge on any atom is 0.259 e. The zero-order valence-electron chi connectivity index (χ0n) is 12.2. The van der Waals surface area contributed by atoms with Gasteiger partial charge in [0.25, 0.3) is 5.91 Å². The molecule has 0 unspecified atom stereocenters. The number of hydrogen-bond acceptors (Lipinski definition) is 4. The summed E-state index contributed by atoms with van der Waals surface area (Å²) in [5.74, 6) is -0.310. The molecule has 1 amide bonds. The lowest BCUT2D eigenvalue weighted by Gasteiger charge is -2.03. The highest BCUT2D eigenvalue weighted by molar-refractivity contribution is 7.15. The standard InChI is InChI=1S/C15H17Cl2N3OS/c1-2-3-4-5-6-13-19-20-15(22-13)18-14(21)11-8-7-10(16)9-12(11)17/h7-9H,2-6H2,1H3,(H,18,20,21). The maximum absolute atomic E-state index is 12.2. The summed E-state index contributed by atoms with van der Waals surface area (Å²) in [5.41, 5.74) is 0.366. The van der Waals surface area contributed by atoms with Gasteiger partial charge in [-0.25, -0.2) is 0 Å². The average Bonchev–Trinajstić information content (AvgIpc) is 2.91. The van der Waals surface area contributed by atoms with Gasteiger partial charge in [0.2, 0.25) is 5.13 Å². The Labute approximate surface area is 143 Å². The first-order valence-corrected chi connectivity index (χ1v) is 8.76. The number of nitrogens with one attached hydrogen (secondary N) is 1. The summed E-state index contributed by atoms with van der Waals surface area (Å²) in [7, 11) is 0. The number of halogens is 2. The van der Waals surface area contributed by atoms with E-state index >= 15 is 0 Å². The summed E-state index contributed by atoms with van der Waals surface area (Å²) in [5, 5.41) is 13.0. The lowest BCUT2D eigenvalue weighted by Crippen LogP contribution is -2.12. The predicted octanol–water partition coefficient (Wildman–Crippen LogP) is 5.22. The van der Waals surface area contributed by atoms with Crippen molar-refractivity contribution in [2.45, 2.75) is 39.0 Å². The van der Waals surface area contributed by atoms with Crippen LogP contribution in [0.2, 0.25) is 10.0 Å². The van der Waals surface area contributed by atoms with E-state index in [9.17, 15) is 4.79 Å². The summed E-state index contributed by atoms with van der Waals surface area (Å²) in [6, 6.07) is 4.76. The molecule has 7 heteroatoms. The second kappa shape index (κ2) is 8.46.